The molecule has 9 rings (SSSR count). The molecule has 1 heteroatoms. The molecule has 0 unspecified atom stereocenters. The van der Waals surface area contributed by atoms with Crippen molar-refractivity contribution in [2.75, 3.05) is 0 Å². The van der Waals surface area contributed by atoms with Crippen molar-refractivity contribution in [1.29, 1.82) is 0 Å². The van der Waals surface area contributed by atoms with Crippen molar-refractivity contribution in [2.45, 2.75) is 0 Å². The average Bonchev–Trinajstić information content (AvgIpc) is 3.38. The molecule has 0 spiro atoms. The first-order valence-electron chi connectivity index (χ1n) is 14.2. The third-order valence-electron chi connectivity index (χ3n) is 8.76. The van der Waals surface area contributed by atoms with Crippen LogP contribution in [0, 0.1) is 0 Å². The average molecular weight is 520 g/mol. The van der Waals surface area contributed by atoms with Crippen LogP contribution in [0.2, 0.25) is 0 Å². The minimum absolute atomic E-state index is 1.18. The van der Waals surface area contributed by atoms with Gasteiger partial charge in [-0.15, -0.1) is 0 Å². The molecule has 0 aliphatic heterocycles. The molecule has 0 N–H and O–H groups in total. The van der Waals surface area contributed by atoms with Crippen LogP contribution < -0.4 is 0 Å². The molecule has 0 aliphatic carbocycles. The molecular weight excluding hydrogens is 494 g/mol. The first-order chi connectivity index (χ1) is 20.3. The fraction of sp³-hybridized carbons (Fsp3) is 0. The van der Waals surface area contributed by atoms with E-state index in [1.165, 1.54) is 81.7 Å². The standard InChI is InChI=1S/C40H25N/c1-3-13-32-30(11-1)31-12-2-4-14-33(31)38-25-36-27(24-37(32)38)10-9-17-29(36)26-20-22-28(23-21-26)41-39-18-7-5-15-34(39)35-16-6-8-19-40(35)41/h1-25H. The molecule has 41 heavy (non-hydrogen) atoms. The molecule has 8 aromatic carbocycles. The Morgan fingerprint density at radius 2 is 0.805 bits per heavy atom. The summed E-state index contributed by atoms with van der Waals surface area (Å²) in [7, 11) is 0. The Kier molecular flexibility index (Phi) is 4.67. The summed E-state index contributed by atoms with van der Waals surface area (Å²) in [5.74, 6) is 0. The maximum Gasteiger partial charge on any atom is 0.0541 e. The molecule has 0 atom stereocenters. The van der Waals surface area contributed by atoms with Crippen molar-refractivity contribution in [1.82, 2.24) is 4.57 Å². The van der Waals surface area contributed by atoms with E-state index in [1.54, 1.807) is 0 Å². The van der Waals surface area contributed by atoms with Crippen LogP contribution in [0.1, 0.15) is 0 Å². The quantitative estimate of drug-likeness (QED) is 0.158. The Hall–Kier alpha value is -5.40. The van der Waals surface area contributed by atoms with Crippen molar-refractivity contribution in [3.8, 4) is 16.8 Å². The molecule has 0 aliphatic rings. The van der Waals surface area contributed by atoms with Gasteiger partial charge in [0.25, 0.3) is 0 Å². The maximum absolute atomic E-state index is 2.41. The molecular formula is C40H25N. The highest BCUT2D eigenvalue weighted by molar-refractivity contribution is 6.27. The molecule has 0 saturated heterocycles. The molecule has 1 nitrogen and oxygen atoms in total. The van der Waals surface area contributed by atoms with Crippen LogP contribution in [0.5, 0.6) is 0 Å². The first-order valence-corrected chi connectivity index (χ1v) is 14.2. The number of nitrogens with zero attached hydrogens (tertiary/aromatic N) is 1. The van der Waals surface area contributed by atoms with Gasteiger partial charge in [0.2, 0.25) is 0 Å². The summed E-state index contributed by atoms with van der Waals surface area (Å²) in [6, 6.07) is 55.5. The first kappa shape index (κ1) is 22.4. The van der Waals surface area contributed by atoms with E-state index in [9.17, 15) is 0 Å². The van der Waals surface area contributed by atoms with Crippen LogP contribution in [0.3, 0.4) is 0 Å². The molecule has 9 aromatic rings. The largest absolute Gasteiger partial charge is 0.309 e. The summed E-state index contributed by atoms with van der Waals surface area (Å²) in [5.41, 5.74) is 6.13. The summed E-state index contributed by atoms with van der Waals surface area (Å²) >= 11 is 0. The van der Waals surface area contributed by atoms with Gasteiger partial charge < -0.3 is 4.57 Å². The number of hydrogen-bond acceptors (Lipinski definition) is 0. The third-order valence-corrected chi connectivity index (χ3v) is 8.76. The molecule has 0 fully saturated rings. The number of hydrogen-bond donors (Lipinski definition) is 0. The van der Waals surface area contributed by atoms with E-state index in [4.69, 9.17) is 0 Å². The van der Waals surface area contributed by atoms with E-state index in [-0.39, 0.29) is 0 Å². The van der Waals surface area contributed by atoms with Crippen LogP contribution in [0.4, 0.5) is 0 Å². The second-order valence-corrected chi connectivity index (χ2v) is 10.9. The number of para-hydroxylation sites is 2. The van der Waals surface area contributed by atoms with Crippen LogP contribution in [0.15, 0.2) is 152 Å². The van der Waals surface area contributed by atoms with E-state index in [0.717, 1.165) is 0 Å². The van der Waals surface area contributed by atoms with Gasteiger partial charge in [0, 0.05) is 16.5 Å². The fourth-order valence-electron chi connectivity index (χ4n) is 6.92. The molecule has 1 heterocycles. The lowest BCUT2D eigenvalue weighted by atomic mass is 9.90. The van der Waals surface area contributed by atoms with Crippen molar-refractivity contribution in [2.24, 2.45) is 0 Å². The van der Waals surface area contributed by atoms with Gasteiger partial charge in [-0.25, -0.2) is 0 Å². The van der Waals surface area contributed by atoms with Crippen LogP contribution in [-0.2, 0) is 0 Å². The Labute approximate surface area is 237 Å². The van der Waals surface area contributed by atoms with Crippen molar-refractivity contribution < 1.29 is 0 Å². The summed E-state index contributed by atoms with van der Waals surface area (Å²) < 4.78 is 2.38. The zero-order valence-corrected chi connectivity index (χ0v) is 22.4. The highest BCUT2D eigenvalue weighted by Crippen LogP contribution is 2.40. The number of fused-ring (bicyclic) bond motifs is 10. The zero-order valence-electron chi connectivity index (χ0n) is 22.4. The van der Waals surface area contributed by atoms with Gasteiger partial charge in [-0.05, 0) is 90.6 Å². The van der Waals surface area contributed by atoms with E-state index in [2.05, 4.69) is 156 Å². The lowest BCUT2D eigenvalue weighted by molar-refractivity contribution is 1.18. The number of rotatable bonds is 2. The van der Waals surface area contributed by atoms with Gasteiger partial charge in [-0.3, -0.25) is 0 Å². The van der Waals surface area contributed by atoms with Crippen molar-refractivity contribution >= 4 is 64.9 Å². The zero-order chi connectivity index (χ0) is 26.9. The molecule has 0 amide bonds. The van der Waals surface area contributed by atoms with Gasteiger partial charge >= 0.3 is 0 Å². The fourth-order valence-corrected chi connectivity index (χ4v) is 6.92. The summed E-state index contributed by atoms with van der Waals surface area (Å²) in [4.78, 5) is 0. The Balaban J connectivity index is 1.26. The SMILES string of the molecule is c1cc(-c2ccc(-n3c4ccccc4c4ccccc43)cc2)c2cc3c4ccccc4c4ccccc4c3cc2c1. The van der Waals surface area contributed by atoms with E-state index >= 15 is 0 Å². The second-order valence-electron chi connectivity index (χ2n) is 10.9. The third kappa shape index (κ3) is 3.24. The number of benzene rings is 8. The van der Waals surface area contributed by atoms with Crippen molar-refractivity contribution in [3.05, 3.63) is 152 Å². The smallest absolute Gasteiger partial charge is 0.0541 e. The highest BCUT2D eigenvalue weighted by Gasteiger charge is 2.14. The van der Waals surface area contributed by atoms with Crippen LogP contribution in [-0.4, -0.2) is 4.57 Å². The number of aromatic nitrogens is 1. The van der Waals surface area contributed by atoms with Gasteiger partial charge in [-0.2, -0.15) is 0 Å². The van der Waals surface area contributed by atoms with Crippen LogP contribution >= 0.6 is 0 Å². The highest BCUT2D eigenvalue weighted by atomic mass is 15.0. The topological polar surface area (TPSA) is 4.93 Å². The minimum Gasteiger partial charge on any atom is -0.309 e. The molecule has 0 bridgehead atoms. The summed E-state index contributed by atoms with van der Waals surface area (Å²) in [6.45, 7) is 0. The summed E-state index contributed by atoms with van der Waals surface area (Å²) in [5, 5.41) is 13.0. The second kappa shape index (κ2) is 8.55. The minimum atomic E-state index is 1.18. The van der Waals surface area contributed by atoms with Gasteiger partial charge in [0.05, 0.1) is 11.0 Å². The predicted molar refractivity (Wildman–Crippen MR) is 176 cm³/mol. The lowest BCUT2D eigenvalue weighted by Gasteiger charge is -2.14. The maximum atomic E-state index is 2.41. The van der Waals surface area contributed by atoms with E-state index < -0.39 is 0 Å². The van der Waals surface area contributed by atoms with E-state index in [0.29, 0.717) is 0 Å². The normalized spacial score (nSPS) is 11.9. The summed E-state index contributed by atoms with van der Waals surface area (Å²) in [6.07, 6.45) is 0. The van der Waals surface area contributed by atoms with Crippen LogP contribution in [0.25, 0.3) is 81.7 Å². The van der Waals surface area contributed by atoms with Gasteiger partial charge in [0.15, 0.2) is 0 Å². The Morgan fingerprint density at radius 3 is 1.39 bits per heavy atom. The molecule has 0 radical (unpaired) electrons. The van der Waals surface area contributed by atoms with Gasteiger partial charge in [-0.1, -0.05) is 115 Å². The van der Waals surface area contributed by atoms with Crippen molar-refractivity contribution in [3.63, 3.8) is 0 Å². The Morgan fingerprint density at radius 1 is 0.317 bits per heavy atom. The predicted octanol–water partition coefficient (Wildman–Crippen LogP) is 11.1. The van der Waals surface area contributed by atoms with Gasteiger partial charge in [0.1, 0.15) is 0 Å². The molecule has 0 saturated carbocycles. The molecule has 190 valence electrons. The molecule has 1 aromatic heterocycles. The monoisotopic (exact) mass is 519 g/mol. The van der Waals surface area contributed by atoms with E-state index in [1.807, 2.05) is 0 Å². The lowest BCUT2D eigenvalue weighted by Crippen LogP contribution is -1.93. The Bertz CT molecular complexity index is 2410.